The van der Waals surface area contributed by atoms with Gasteiger partial charge in [0, 0.05) is 28.8 Å². The third-order valence-corrected chi connectivity index (χ3v) is 5.70. The number of ketones is 1. The van der Waals surface area contributed by atoms with E-state index < -0.39 is 0 Å². The second-order valence-corrected chi connectivity index (χ2v) is 8.13. The highest BCUT2D eigenvalue weighted by atomic mass is 32.1. The van der Waals surface area contributed by atoms with Gasteiger partial charge in [-0.25, -0.2) is 4.98 Å². The molecule has 0 aliphatic carbocycles. The fraction of sp³-hybridized carbons (Fsp3) is 0.261. The van der Waals surface area contributed by atoms with E-state index in [1.807, 2.05) is 63.2 Å². The molecule has 0 bridgehead atoms. The Bertz CT molecular complexity index is 1040. The molecule has 0 aliphatic rings. The largest absolute Gasteiger partial charge is 0.497 e. The van der Waals surface area contributed by atoms with Crippen LogP contribution in [-0.2, 0) is 4.79 Å². The molecule has 0 spiro atoms. The number of nitrogens with zero attached hydrogens (tertiary/aromatic N) is 1. The van der Waals surface area contributed by atoms with Crippen LogP contribution in [0.2, 0.25) is 0 Å². The summed E-state index contributed by atoms with van der Waals surface area (Å²) < 4.78 is 5.18. The zero-order valence-corrected chi connectivity index (χ0v) is 17.9. The van der Waals surface area contributed by atoms with Gasteiger partial charge in [0.25, 0.3) is 0 Å². The van der Waals surface area contributed by atoms with Crippen molar-refractivity contribution < 1.29 is 14.3 Å². The first-order valence-corrected chi connectivity index (χ1v) is 10.2. The molecule has 150 valence electrons. The lowest BCUT2D eigenvalue weighted by Crippen LogP contribution is -2.13. The molecule has 0 atom stereocenters. The number of ether oxygens (including phenoxy) is 1. The summed E-state index contributed by atoms with van der Waals surface area (Å²) in [5.41, 5.74) is 4.66. The number of amides is 1. The Balaban J connectivity index is 1.60. The number of aryl methyl sites for hydroxylation is 3. The SMILES string of the molecule is COc1ccc(-c2nc(NC(=O)CCC(=O)c3ccc(C)c(C)c3)sc2C)cc1. The molecule has 0 unspecified atom stereocenters. The van der Waals surface area contributed by atoms with Crippen LogP contribution in [0.3, 0.4) is 0 Å². The fourth-order valence-electron chi connectivity index (χ4n) is 2.93. The van der Waals surface area contributed by atoms with Gasteiger partial charge in [0.05, 0.1) is 12.8 Å². The van der Waals surface area contributed by atoms with Crippen molar-refractivity contribution in [3.05, 3.63) is 64.0 Å². The molecule has 29 heavy (non-hydrogen) atoms. The third-order valence-electron chi connectivity index (χ3n) is 4.81. The average molecular weight is 409 g/mol. The van der Waals surface area contributed by atoms with E-state index in [-0.39, 0.29) is 24.5 Å². The molecular weight excluding hydrogens is 384 g/mol. The van der Waals surface area contributed by atoms with Crippen LogP contribution in [0, 0.1) is 20.8 Å². The van der Waals surface area contributed by atoms with Crippen molar-refractivity contribution in [2.75, 3.05) is 12.4 Å². The number of Topliss-reactive ketones (excluding diaryl/α,β-unsaturated/α-hetero) is 1. The summed E-state index contributed by atoms with van der Waals surface area (Å²) in [7, 11) is 1.63. The van der Waals surface area contributed by atoms with Gasteiger partial charge in [-0.3, -0.25) is 9.59 Å². The summed E-state index contributed by atoms with van der Waals surface area (Å²) >= 11 is 1.42. The van der Waals surface area contributed by atoms with E-state index in [1.54, 1.807) is 7.11 Å². The molecule has 0 fully saturated rings. The van der Waals surface area contributed by atoms with Crippen LogP contribution in [0.15, 0.2) is 42.5 Å². The predicted molar refractivity (Wildman–Crippen MR) is 117 cm³/mol. The minimum atomic E-state index is -0.211. The number of nitrogens with one attached hydrogen (secondary N) is 1. The zero-order chi connectivity index (χ0) is 21.0. The third kappa shape index (κ3) is 5.09. The van der Waals surface area contributed by atoms with E-state index in [0.717, 1.165) is 33.0 Å². The topological polar surface area (TPSA) is 68.3 Å². The minimum absolute atomic E-state index is 0.0301. The first-order chi connectivity index (χ1) is 13.9. The summed E-state index contributed by atoms with van der Waals surface area (Å²) in [6, 6.07) is 13.3. The molecule has 6 heteroatoms. The Morgan fingerprint density at radius 1 is 1.00 bits per heavy atom. The Labute approximate surface area is 174 Å². The summed E-state index contributed by atoms with van der Waals surface area (Å²) in [6.45, 7) is 5.95. The number of rotatable bonds is 7. The number of aromatic nitrogens is 1. The monoisotopic (exact) mass is 408 g/mol. The van der Waals surface area contributed by atoms with Crippen LogP contribution < -0.4 is 10.1 Å². The van der Waals surface area contributed by atoms with Gasteiger partial charge < -0.3 is 10.1 Å². The van der Waals surface area contributed by atoms with Crippen molar-refractivity contribution in [3.8, 4) is 17.0 Å². The lowest BCUT2D eigenvalue weighted by Gasteiger charge is -2.05. The number of anilines is 1. The maximum Gasteiger partial charge on any atom is 0.226 e. The van der Waals surface area contributed by atoms with E-state index in [1.165, 1.54) is 11.3 Å². The number of methoxy groups -OCH3 is 1. The molecule has 0 saturated carbocycles. The Morgan fingerprint density at radius 2 is 1.72 bits per heavy atom. The van der Waals surface area contributed by atoms with Crippen LogP contribution in [0.1, 0.15) is 39.2 Å². The van der Waals surface area contributed by atoms with Crippen molar-refractivity contribution in [2.24, 2.45) is 0 Å². The molecule has 1 heterocycles. The first kappa shape index (κ1) is 20.7. The standard InChI is InChI=1S/C23H24N2O3S/c1-14-5-6-18(13-15(14)2)20(26)11-12-21(27)24-23-25-22(16(3)29-23)17-7-9-19(28-4)10-8-17/h5-10,13H,11-12H2,1-4H3,(H,24,25,27). The van der Waals surface area contributed by atoms with Gasteiger partial charge in [-0.1, -0.05) is 12.1 Å². The molecule has 5 nitrogen and oxygen atoms in total. The van der Waals surface area contributed by atoms with Crippen molar-refractivity contribution in [2.45, 2.75) is 33.6 Å². The maximum atomic E-state index is 12.4. The molecule has 0 radical (unpaired) electrons. The summed E-state index contributed by atoms with van der Waals surface area (Å²) in [5.74, 6) is 0.540. The van der Waals surface area contributed by atoms with Crippen LogP contribution in [-0.4, -0.2) is 23.8 Å². The summed E-state index contributed by atoms with van der Waals surface area (Å²) in [4.78, 5) is 30.2. The van der Waals surface area contributed by atoms with Crippen LogP contribution in [0.4, 0.5) is 5.13 Å². The molecule has 1 N–H and O–H groups in total. The molecular formula is C23H24N2O3S. The number of carbonyl (C=O) groups is 2. The summed E-state index contributed by atoms with van der Waals surface area (Å²) in [5, 5.41) is 3.35. The molecule has 1 aromatic heterocycles. The van der Waals surface area contributed by atoms with Crippen molar-refractivity contribution in [1.82, 2.24) is 4.98 Å². The van der Waals surface area contributed by atoms with Crippen molar-refractivity contribution in [3.63, 3.8) is 0 Å². The van der Waals surface area contributed by atoms with Gasteiger partial charge in [0.2, 0.25) is 5.91 Å². The predicted octanol–water partition coefficient (Wildman–Crippen LogP) is 5.35. The number of benzene rings is 2. The Hall–Kier alpha value is -2.99. The van der Waals surface area contributed by atoms with E-state index in [2.05, 4.69) is 10.3 Å². The first-order valence-electron chi connectivity index (χ1n) is 9.39. The van der Waals surface area contributed by atoms with Gasteiger partial charge >= 0.3 is 0 Å². The highest BCUT2D eigenvalue weighted by Crippen LogP contribution is 2.31. The molecule has 3 aromatic rings. The van der Waals surface area contributed by atoms with Crippen LogP contribution in [0.5, 0.6) is 5.75 Å². The second-order valence-electron chi connectivity index (χ2n) is 6.92. The quantitative estimate of drug-likeness (QED) is 0.536. The highest BCUT2D eigenvalue weighted by molar-refractivity contribution is 7.16. The second kappa shape index (κ2) is 9.01. The van der Waals surface area contributed by atoms with Gasteiger partial charge in [-0.2, -0.15) is 0 Å². The molecule has 0 aliphatic heterocycles. The van der Waals surface area contributed by atoms with Crippen molar-refractivity contribution >= 4 is 28.2 Å². The van der Waals surface area contributed by atoms with E-state index in [9.17, 15) is 9.59 Å². The average Bonchev–Trinajstić information content (AvgIpc) is 3.08. The smallest absolute Gasteiger partial charge is 0.226 e. The van der Waals surface area contributed by atoms with E-state index in [4.69, 9.17) is 4.74 Å². The number of carbonyl (C=O) groups excluding carboxylic acids is 2. The maximum absolute atomic E-state index is 12.4. The zero-order valence-electron chi connectivity index (χ0n) is 17.0. The number of hydrogen-bond acceptors (Lipinski definition) is 5. The van der Waals surface area contributed by atoms with Gasteiger partial charge in [-0.05, 0) is 62.2 Å². The Kier molecular flexibility index (Phi) is 6.44. The van der Waals surface area contributed by atoms with Gasteiger partial charge in [0.15, 0.2) is 10.9 Å². The van der Waals surface area contributed by atoms with Crippen LogP contribution >= 0.6 is 11.3 Å². The minimum Gasteiger partial charge on any atom is -0.497 e. The normalized spacial score (nSPS) is 10.6. The summed E-state index contributed by atoms with van der Waals surface area (Å²) in [6.07, 6.45) is 0.298. The highest BCUT2D eigenvalue weighted by Gasteiger charge is 2.14. The number of thiazole rings is 1. The lowest BCUT2D eigenvalue weighted by atomic mass is 10.0. The van der Waals surface area contributed by atoms with E-state index in [0.29, 0.717) is 10.7 Å². The lowest BCUT2D eigenvalue weighted by molar-refractivity contribution is -0.116. The molecule has 0 saturated heterocycles. The number of hydrogen-bond donors (Lipinski definition) is 1. The van der Waals surface area contributed by atoms with Gasteiger partial charge in [0.1, 0.15) is 5.75 Å². The van der Waals surface area contributed by atoms with Crippen LogP contribution in [0.25, 0.3) is 11.3 Å². The molecule has 2 aromatic carbocycles. The van der Waals surface area contributed by atoms with Crippen molar-refractivity contribution in [1.29, 1.82) is 0 Å². The Morgan fingerprint density at radius 3 is 2.38 bits per heavy atom. The molecule has 3 rings (SSSR count). The fourth-order valence-corrected chi connectivity index (χ4v) is 3.79. The van der Waals surface area contributed by atoms with E-state index >= 15 is 0 Å². The van der Waals surface area contributed by atoms with Gasteiger partial charge in [-0.15, -0.1) is 11.3 Å². The molecule has 1 amide bonds.